The highest BCUT2D eigenvalue weighted by Gasteiger charge is 2.16. The maximum absolute atomic E-state index is 12.2. The molecule has 0 fully saturated rings. The summed E-state index contributed by atoms with van der Waals surface area (Å²) in [4.78, 5) is 12.7. The van der Waals surface area contributed by atoms with Crippen molar-refractivity contribution in [3.8, 4) is 0 Å². The summed E-state index contributed by atoms with van der Waals surface area (Å²) in [6.45, 7) is 1.95. The second-order valence-corrected chi connectivity index (χ2v) is 7.15. The second-order valence-electron chi connectivity index (χ2n) is 4.27. The first-order chi connectivity index (χ1) is 9.82. The monoisotopic (exact) mass is 344 g/mol. The Morgan fingerprint density at radius 1 is 1.38 bits per heavy atom. The molecule has 1 heterocycles. The number of benzene rings is 1. The summed E-state index contributed by atoms with van der Waals surface area (Å²) in [5.41, 5.74) is 1.14. The van der Waals surface area contributed by atoms with Crippen molar-refractivity contribution in [2.45, 2.75) is 18.2 Å². The Bertz CT molecular complexity index is 784. The molecule has 0 saturated carbocycles. The summed E-state index contributed by atoms with van der Waals surface area (Å²) < 4.78 is 22.7. The topological polar surface area (TPSA) is 89.3 Å². The first-order valence-corrected chi connectivity index (χ1v) is 8.83. The van der Waals surface area contributed by atoms with Crippen LogP contribution in [0.25, 0.3) is 0 Å². The third kappa shape index (κ3) is 3.62. The number of primary sulfonamides is 1. The maximum Gasteiger partial charge on any atom is 0.266 e. The Labute approximate surface area is 131 Å². The molecule has 2 rings (SSSR count). The van der Waals surface area contributed by atoms with Crippen molar-refractivity contribution in [3.63, 3.8) is 0 Å². The average molecular weight is 345 g/mol. The summed E-state index contributed by atoms with van der Waals surface area (Å²) in [5.74, 6) is -0.324. The molecule has 5 nitrogen and oxygen atoms in total. The lowest BCUT2D eigenvalue weighted by molar-refractivity contribution is 0.102. The van der Waals surface area contributed by atoms with Crippen molar-refractivity contribution < 1.29 is 13.2 Å². The fourth-order valence-corrected chi connectivity index (χ4v) is 3.36. The number of amides is 1. The molecule has 3 N–H and O–H groups in total. The molecule has 2 aromatic rings. The summed E-state index contributed by atoms with van der Waals surface area (Å²) in [6, 6.07) is 5.79. The number of halogens is 1. The molecule has 0 spiro atoms. The van der Waals surface area contributed by atoms with Crippen molar-refractivity contribution in [3.05, 3.63) is 45.1 Å². The van der Waals surface area contributed by atoms with Crippen LogP contribution in [0.1, 0.15) is 22.2 Å². The number of sulfonamides is 1. The fraction of sp³-hybridized carbons (Fsp3) is 0.154. The van der Waals surface area contributed by atoms with E-state index in [-0.39, 0.29) is 21.5 Å². The van der Waals surface area contributed by atoms with E-state index >= 15 is 0 Å². The van der Waals surface area contributed by atoms with Gasteiger partial charge in [0.1, 0.15) is 0 Å². The van der Waals surface area contributed by atoms with Crippen LogP contribution in [0.2, 0.25) is 5.02 Å². The minimum atomic E-state index is -3.85. The van der Waals surface area contributed by atoms with Gasteiger partial charge in [-0.3, -0.25) is 4.79 Å². The summed E-state index contributed by atoms with van der Waals surface area (Å²) >= 11 is 7.30. The van der Waals surface area contributed by atoms with Crippen LogP contribution >= 0.6 is 22.9 Å². The lowest BCUT2D eigenvalue weighted by Gasteiger charge is -2.09. The van der Waals surface area contributed by atoms with Crippen LogP contribution in [0.5, 0.6) is 0 Å². The number of nitrogens with two attached hydrogens (primary N) is 1. The van der Waals surface area contributed by atoms with Gasteiger partial charge in [0.25, 0.3) is 5.91 Å². The molecular formula is C13H13ClN2O3S2. The number of anilines is 1. The van der Waals surface area contributed by atoms with Gasteiger partial charge in [-0.15, -0.1) is 11.3 Å². The molecular weight excluding hydrogens is 332 g/mol. The van der Waals surface area contributed by atoms with Gasteiger partial charge in [0.05, 0.1) is 20.5 Å². The van der Waals surface area contributed by atoms with Gasteiger partial charge in [-0.05, 0) is 41.6 Å². The Morgan fingerprint density at radius 3 is 2.71 bits per heavy atom. The summed E-state index contributed by atoms with van der Waals surface area (Å²) in [7, 11) is -3.85. The Kier molecular flexibility index (Phi) is 4.67. The quantitative estimate of drug-likeness (QED) is 0.893. The van der Waals surface area contributed by atoms with E-state index in [4.69, 9.17) is 16.7 Å². The minimum absolute atomic E-state index is 0.107. The third-order valence-electron chi connectivity index (χ3n) is 2.85. The SMILES string of the molecule is CCc1ccsc1C(=O)Nc1cc(S(N)(=O)=O)ccc1Cl. The van der Waals surface area contributed by atoms with E-state index in [1.165, 1.54) is 29.5 Å². The molecule has 8 heteroatoms. The zero-order valence-corrected chi connectivity index (χ0v) is 13.5. The van der Waals surface area contributed by atoms with Crippen molar-refractivity contribution in [1.29, 1.82) is 0 Å². The predicted octanol–water partition coefficient (Wildman–Crippen LogP) is 2.86. The average Bonchev–Trinajstić information content (AvgIpc) is 2.88. The number of rotatable bonds is 4. The number of carbonyl (C=O) groups is 1. The van der Waals surface area contributed by atoms with Gasteiger partial charge in [-0.1, -0.05) is 18.5 Å². The van der Waals surface area contributed by atoms with Gasteiger partial charge in [-0.2, -0.15) is 0 Å². The van der Waals surface area contributed by atoms with Crippen LogP contribution in [0, 0.1) is 0 Å². The largest absolute Gasteiger partial charge is 0.320 e. The van der Waals surface area contributed by atoms with Crippen LogP contribution in [0.4, 0.5) is 5.69 Å². The number of carbonyl (C=O) groups excluding carboxylic acids is 1. The second kappa shape index (κ2) is 6.15. The van der Waals surface area contributed by atoms with Crippen LogP contribution in [-0.4, -0.2) is 14.3 Å². The highest BCUT2D eigenvalue weighted by atomic mass is 35.5. The Balaban J connectivity index is 2.33. The molecule has 0 bridgehead atoms. The molecule has 1 aromatic carbocycles. The molecule has 0 radical (unpaired) electrons. The van der Waals surface area contributed by atoms with E-state index < -0.39 is 10.0 Å². The maximum atomic E-state index is 12.2. The standard InChI is InChI=1S/C13H13ClN2O3S2/c1-2-8-5-6-20-12(8)13(17)16-11-7-9(21(15,18)19)3-4-10(11)14/h3-7H,2H2,1H3,(H,16,17)(H2,15,18,19). The Hall–Kier alpha value is -1.41. The number of thiophene rings is 1. The molecule has 0 aliphatic carbocycles. The normalized spacial score (nSPS) is 11.4. The smallest absolute Gasteiger partial charge is 0.266 e. The van der Waals surface area contributed by atoms with Crippen molar-refractivity contribution in [2.24, 2.45) is 5.14 Å². The minimum Gasteiger partial charge on any atom is -0.320 e. The van der Waals surface area contributed by atoms with E-state index in [1.807, 2.05) is 18.4 Å². The molecule has 0 saturated heterocycles. The molecule has 0 aliphatic rings. The van der Waals surface area contributed by atoms with Gasteiger partial charge in [0.15, 0.2) is 0 Å². The van der Waals surface area contributed by atoms with Crippen LogP contribution in [-0.2, 0) is 16.4 Å². The van der Waals surface area contributed by atoms with Gasteiger partial charge >= 0.3 is 0 Å². The van der Waals surface area contributed by atoms with Gasteiger partial charge in [-0.25, -0.2) is 13.6 Å². The fourth-order valence-electron chi connectivity index (χ4n) is 1.77. The summed E-state index contributed by atoms with van der Waals surface area (Å²) in [5, 5.41) is 9.76. The predicted molar refractivity (Wildman–Crippen MR) is 84.5 cm³/mol. The first kappa shape index (κ1) is 16.0. The zero-order chi connectivity index (χ0) is 15.6. The summed E-state index contributed by atoms with van der Waals surface area (Å²) in [6.07, 6.45) is 0.733. The molecule has 0 aliphatic heterocycles. The van der Waals surface area contributed by atoms with Crippen LogP contribution < -0.4 is 10.5 Å². The number of hydrogen-bond donors (Lipinski definition) is 2. The van der Waals surface area contributed by atoms with E-state index in [2.05, 4.69) is 5.32 Å². The van der Waals surface area contributed by atoms with Crippen molar-refractivity contribution in [2.75, 3.05) is 5.32 Å². The van der Waals surface area contributed by atoms with E-state index in [0.29, 0.717) is 4.88 Å². The van der Waals surface area contributed by atoms with E-state index in [1.54, 1.807) is 0 Å². The number of aryl methyl sites for hydroxylation is 1. The van der Waals surface area contributed by atoms with Crippen LogP contribution in [0.15, 0.2) is 34.5 Å². The number of hydrogen-bond acceptors (Lipinski definition) is 4. The molecule has 0 unspecified atom stereocenters. The molecule has 1 amide bonds. The molecule has 1 aromatic heterocycles. The lowest BCUT2D eigenvalue weighted by atomic mass is 10.2. The molecule has 21 heavy (non-hydrogen) atoms. The van der Waals surface area contributed by atoms with Crippen LogP contribution in [0.3, 0.4) is 0 Å². The van der Waals surface area contributed by atoms with Crippen molar-refractivity contribution >= 4 is 44.6 Å². The van der Waals surface area contributed by atoms with E-state index in [0.717, 1.165) is 12.0 Å². The van der Waals surface area contributed by atoms with E-state index in [9.17, 15) is 13.2 Å². The molecule has 112 valence electrons. The highest BCUT2D eigenvalue weighted by molar-refractivity contribution is 7.89. The molecule has 0 atom stereocenters. The zero-order valence-electron chi connectivity index (χ0n) is 11.1. The van der Waals surface area contributed by atoms with Gasteiger partial charge in [0, 0.05) is 0 Å². The first-order valence-electron chi connectivity index (χ1n) is 6.03. The third-order valence-corrected chi connectivity index (χ3v) is 5.04. The highest BCUT2D eigenvalue weighted by Crippen LogP contribution is 2.26. The van der Waals surface area contributed by atoms with Gasteiger partial charge < -0.3 is 5.32 Å². The number of nitrogens with one attached hydrogen (secondary N) is 1. The lowest BCUT2D eigenvalue weighted by Crippen LogP contribution is -2.15. The van der Waals surface area contributed by atoms with Crippen molar-refractivity contribution in [1.82, 2.24) is 0 Å². The Morgan fingerprint density at radius 2 is 2.10 bits per heavy atom. The van der Waals surface area contributed by atoms with Gasteiger partial charge in [0.2, 0.25) is 10.0 Å².